The first kappa shape index (κ1) is 15.0. The van der Waals surface area contributed by atoms with E-state index in [9.17, 15) is 4.79 Å². The van der Waals surface area contributed by atoms with Crippen LogP contribution in [0.25, 0.3) is 21.5 Å². The average molecular weight is 326 g/mol. The fourth-order valence-corrected chi connectivity index (χ4v) is 2.82. The maximum Gasteiger partial charge on any atom is 0.291 e. The summed E-state index contributed by atoms with van der Waals surface area (Å²) >= 11 is 0. The SMILES string of the molecule is O=C(N/N=C/c1c2ccccc2cc2ccccc12)c1cnccn1. The minimum Gasteiger partial charge on any atom is -0.265 e. The number of nitrogens with zero attached hydrogens (tertiary/aromatic N) is 3. The summed E-state index contributed by atoms with van der Waals surface area (Å²) in [6.45, 7) is 0. The van der Waals surface area contributed by atoms with Crippen LogP contribution in [0.5, 0.6) is 0 Å². The van der Waals surface area contributed by atoms with E-state index in [1.54, 1.807) is 6.21 Å². The van der Waals surface area contributed by atoms with Gasteiger partial charge < -0.3 is 0 Å². The zero-order valence-electron chi connectivity index (χ0n) is 13.3. The van der Waals surface area contributed by atoms with Crippen LogP contribution in [-0.2, 0) is 0 Å². The molecule has 4 aromatic rings. The summed E-state index contributed by atoms with van der Waals surface area (Å²) in [5.74, 6) is -0.395. The normalized spacial score (nSPS) is 11.2. The summed E-state index contributed by atoms with van der Waals surface area (Å²) in [5, 5.41) is 8.55. The summed E-state index contributed by atoms with van der Waals surface area (Å²) < 4.78 is 0. The molecule has 120 valence electrons. The van der Waals surface area contributed by atoms with Crippen molar-refractivity contribution in [1.82, 2.24) is 15.4 Å². The first-order chi connectivity index (χ1) is 12.3. The number of benzene rings is 3. The molecule has 1 aromatic heterocycles. The van der Waals surface area contributed by atoms with Gasteiger partial charge in [0.05, 0.1) is 12.4 Å². The third-order valence-electron chi connectivity index (χ3n) is 3.97. The highest BCUT2D eigenvalue weighted by Gasteiger charge is 2.07. The van der Waals surface area contributed by atoms with Gasteiger partial charge in [-0.1, -0.05) is 48.5 Å². The fourth-order valence-electron chi connectivity index (χ4n) is 2.82. The molecule has 25 heavy (non-hydrogen) atoms. The van der Waals surface area contributed by atoms with Crippen molar-refractivity contribution >= 4 is 33.7 Å². The summed E-state index contributed by atoms with van der Waals surface area (Å²) in [4.78, 5) is 19.9. The standard InChI is InChI=1S/C20H14N4O/c25-20(19-13-21-9-10-22-19)24-23-12-18-16-7-3-1-5-14(16)11-15-6-2-4-8-17(15)18/h1-13H,(H,24,25)/b23-12+. The van der Waals surface area contributed by atoms with Crippen molar-refractivity contribution in [3.63, 3.8) is 0 Å². The highest BCUT2D eigenvalue weighted by Crippen LogP contribution is 2.27. The third-order valence-corrected chi connectivity index (χ3v) is 3.97. The molecule has 0 saturated carbocycles. The topological polar surface area (TPSA) is 67.2 Å². The molecular weight excluding hydrogens is 312 g/mol. The quantitative estimate of drug-likeness (QED) is 0.356. The Balaban J connectivity index is 1.73. The molecule has 0 aliphatic carbocycles. The molecule has 5 heteroatoms. The van der Waals surface area contributed by atoms with Gasteiger partial charge in [0.25, 0.3) is 5.91 Å². The molecule has 0 atom stereocenters. The highest BCUT2D eigenvalue weighted by atomic mass is 16.2. The van der Waals surface area contributed by atoms with Crippen LogP contribution in [0.3, 0.4) is 0 Å². The van der Waals surface area contributed by atoms with E-state index in [-0.39, 0.29) is 5.69 Å². The van der Waals surface area contributed by atoms with E-state index in [0.29, 0.717) is 0 Å². The van der Waals surface area contributed by atoms with Crippen molar-refractivity contribution in [2.24, 2.45) is 5.10 Å². The van der Waals surface area contributed by atoms with Gasteiger partial charge in [0.2, 0.25) is 0 Å². The molecule has 0 unspecified atom stereocenters. The lowest BCUT2D eigenvalue weighted by Gasteiger charge is -2.07. The Morgan fingerprint density at radius 3 is 2.28 bits per heavy atom. The highest BCUT2D eigenvalue weighted by molar-refractivity contribution is 6.13. The Kier molecular flexibility index (Phi) is 3.88. The van der Waals surface area contributed by atoms with Crippen LogP contribution >= 0.6 is 0 Å². The van der Waals surface area contributed by atoms with Gasteiger partial charge >= 0.3 is 0 Å². The van der Waals surface area contributed by atoms with Gasteiger partial charge in [-0.3, -0.25) is 9.78 Å². The molecule has 3 aromatic carbocycles. The van der Waals surface area contributed by atoms with Gasteiger partial charge in [-0.15, -0.1) is 0 Å². The van der Waals surface area contributed by atoms with E-state index in [2.05, 4.69) is 38.7 Å². The monoisotopic (exact) mass is 326 g/mol. The Morgan fingerprint density at radius 1 is 0.960 bits per heavy atom. The second-order valence-corrected chi connectivity index (χ2v) is 5.52. The molecule has 4 rings (SSSR count). The molecule has 0 bridgehead atoms. The summed E-state index contributed by atoms with van der Waals surface area (Å²) in [5.41, 5.74) is 3.70. The van der Waals surface area contributed by atoms with Crippen molar-refractivity contribution in [3.8, 4) is 0 Å². The maximum atomic E-state index is 12.0. The first-order valence-corrected chi connectivity index (χ1v) is 7.83. The van der Waals surface area contributed by atoms with E-state index in [1.165, 1.54) is 18.6 Å². The van der Waals surface area contributed by atoms with Gasteiger partial charge in [-0.2, -0.15) is 5.10 Å². The summed E-state index contributed by atoms with van der Waals surface area (Å²) in [7, 11) is 0. The van der Waals surface area contributed by atoms with Crippen molar-refractivity contribution < 1.29 is 4.79 Å². The van der Waals surface area contributed by atoms with Gasteiger partial charge in [0.1, 0.15) is 5.69 Å². The van der Waals surface area contributed by atoms with Crippen LogP contribution in [0, 0.1) is 0 Å². The van der Waals surface area contributed by atoms with Crippen molar-refractivity contribution in [3.05, 3.63) is 84.4 Å². The lowest BCUT2D eigenvalue weighted by molar-refractivity contribution is 0.0949. The number of amides is 1. The average Bonchev–Trinajstić information content (AvgIpc) is 2.68. The predicted molar refractivity (Wildman–Crippen MR) is 98.5 cm³/mol. The molecule has 0 fully saturated rings. The third kappa shape index (κ3) is 2.95. The minimum atomic E-state index is -0.395. The number of carbonyl (C=O) groups excluding carboxylic acids is 1. The molecule has 1 heterocycles. The number of hydrazone groups is 1. The molecule has 1 N–H and O–H groups in total. The molecule has 0 saturated heterocycles. The molecule has 0 aliphatic rings. The van der Waals surface area contributed by atoms with Crippen LogP contribution in [-0.4, -0.2) is 22.1 Å². The second kappa shape index (κ2) is 6.49. The Morgan fingerprint density at radius 2 is 1.64 bits per heavy atom. The van der Waals surface area contributed by atoms with Crippen LogP contribution in [0.2, 0.25) is 0 Å². The predicted octanol–water partition coefficient (Wildman–Crippen LogP) is 3.55. The number of carbonyl (C=O) groups is 1. The Labute approximate surface area is 144 Å². The van der Waals surface area contributed by atoms with Crippen LogP contribution in [0.1, 0.15) is 16.1 Å². The largest absolute Gasteiger partial charge is 0.291 e. The lowest BCUT2D eigenvalue weighted by atomic mass is 9.97. The van der Waals surface area contributed by atoms with Crippen molar-refractivity contribution in [2.45, 2.75) is 0 Å². The molecule has 5 nitrogen and oxygen atoms in total. The first-order valence-electron chi connectivity index (χ1n) is 7.83. The number of rotatable bonds is 3. The summed E-state index contributed by atoms with van der Waals surface area (Å²) in [6, 6.07) is 18.4. The zero-order chi connectivity index (χ0) is 17.1. The van der Waals surface area contributed by atoms with Gasteiger partial charge in [-0.05, 0) is 27.6 Å². The van der Waals surface area contributed by atoms with Gasteiger partial charge in [0.15, 0.2) is 0 Å². The maximum absolute atomic E-state index is 12.0. The molecule has 0 spiro atoms. The Bertz CT molecular complexity index is 1040. The van der Waals surface area contributed by atoms with E-state index >= 15 is 0 Å². The van der Waals surface area contributed by atoms with E-state index in [1.807, 2.05) is 36.4 Å². The molecular formula is C20H14N4O. The molecule has 0 aliphatic heterocycles. The fraction of sp³-hybridized carbons (Fsp3) is 0. The van der Waals surface area contributed by atoms with E-state index < -0.39 is 5.91 Å². The van der Waals surface area contributed by atoms with Crippen LogP contribution in [0.4, 0.5) is 0 Å². The van der Waals surface area contributed by atoms with E-state index in [4.69, 9.17) is 0 Å². The lowest BCUT2D eigenvalue weighted by Crippen LogP contribution is -2.19. The Hall–Kier alpha value is -3.60. The van der Waals surface area contributed by atoms with E-state index in [0.717, 1.165) is 27.1 Å². The van der Waals surface area contributed by atoms with Crippen LogP contribution < -0.4 is 5.43 Å². The smallest absolute Gasteiger partial charge is 0.265 e. The molecule has 1 amide bonds. The zero-order valence-corrected chi connectivity index (χ0v) is 13.3. The van der Waals surface area contributed by atoms with Gasteiger partial charge in [-0.25, -0.2) is 10.4 Å². The van der Waals surface area contributed by atoms with Gasteiger partial charge in [0, 0.05) is 18.0 Å². The summed E-state index contributed by atoms with van der Waals surface area (Å²) in [6.07, 6.45) is 6.07. The number of hydrogen-bond acceptors (Lipinski definition) is 4. The number of nitrogens with one attached hydrogen (secondary N) is 1. The molecule has 0 radical (unpaired) electrons. The van der Waals surface area contributed by atoms with Crippen LogP contribution in [0.15, 0.2) is 78.3 Å². The second-order valence-electron chi connectivity index (χ2n) is 5.52. The number of hydrogen-bond donors (Lipinski definition) is 1. The van der Waals surface area contributed by atoms with Crippen molar-refractivity contribution in [1.29, 1.82) is 0 Å². The number of aromatic nitrogens is 2. The number of fused-ring (bicyclic) bond motifs is 2. The van der Waals surface area contributed by atoms with Crippen molar-refractivity contribution in [2.75, 3.05) is 0 Å². The minimum absolute atomic E-state index is 0.224.